The van der Waals surface area contributed by atoms with E-state index in [4.69, 9.17) is 11.1 Å². The molecular weight excluding hydrogens is 219 g/mol. The molecular formula is C10H10F3N3. The highest BCUT2D eigenvalue weighted by Crippen LogP contribution is 2.18. The van der Waals surface area contributed by atoms with Crippen molar-refractivity contribution in [2.75, 3.05) is 0 Å². The number of alkyl halides is 3. The van der Waals surface area contributed by atoms with Gasteiger partial charge in [0, 0.05) is 6.20 Å². The van der Waals surface area contributed by atoms with E-state index < -0.39 is 11.9 Å². The van der Waals surface area contributed by atoms with Crippen molar-refractivity contribution in [3.63, 3.8) is 0 Å². The minimum Gasteiger partial charge on any atom is -0.397 e. The Hall–Kier alpha value is -1.85. The molecule has 0 atom stereocenters. The summed E-state index contributed by atoms with van der Waals surface area (Å²) >= 11 is 0. The summed E-state index contributed by atoms with van der Waals surface area (Å²) in [5.74, 6) is 0. The van der Waals surface area contributed by atoms with Crippen molar-refractivity contribution in [3.05, 3.63) is 35.7 Å². The van der Waals surface area contributed by atoms with E-state index in [1.165, 1.54) is 6.20 Å². The quantitative estimate of drug-likeness (QED) is 0.764. The van der Waals surface area contributed by atoms with Gasteiger partial charge >= 0.3 is 6.18 Å². The molecule has 0 aromatic carbocycles. The Morgan fingerprint density at radius 1 is 1.50 bits per heavy atom. The molecule has 0 amide bonds. The van der Waals surface area contributed by atoms with Gasteiger partial charge in [0.05, 0.1) is 11.4 Å². The Labute approximate surface area is 90.3 Å². The molecule has 0 aliphatic rings. The Morgan fingerprint density at radius 2 is 2.12 bits per heavy atom. The van der Waals surface area contributed by atoms with Crippen LogP contribution in [0.3, 0.4) is 0 Å². The summed E-state index contributed by atoms with van der Waals surface area (Å²) in [4.78, 5) is 3.82. The van der Waals surface area contributed by atoms with Crippen molar-refractivity contribution in [3.8, 4) is 0 Å². The van der Waals surface area contributed by atoms with Crippen LogP contribution in [0.1, 0.15) is 11.3 Å². The summed E-state index contributed by atoms with van der Waals surface area (Å²) in [5.41, 5.74) is 4.82. The van der Waals surface area contributed by atoms with Crippen molar-refractivity contribution in [2.45, 2.75) is 13.1 Å². The average molecular weight is 229 g/mol. The predicted octanol–water partition coefficient (Wildman–Crippen LogP) is 2.27. The van der Waals surface area contributed by atoms with E-state index in [1.54, 1.807) is 19.1 Å². The minimum absolute atomic E-state index is 0.175. The number of rotatable bonds is 2. The van der Waals surface area contributed by atoms with E-state index in [-0.39, 0.29) is 11.4 Å². The van der Waals surface area contributed by atoms with Crippen molar-refractivity contribution in [2.24, 2.45) is 5.73 Å². The Kier molecular flexibility index (Phi) is 3.31. The van der Waals surface area contributed by atoms with Gasteiger partial charge in [-0.05, 0) is 30.7 Å². The lowest BCUT2D eigenvalue weighted by Gasteiger charge is -2.06. The van der Waals surface area contributed by atoms with Gasteiger partial charge in [-0.1, -0.05) is 0 Å². The first-order valence-electron chi connectivity index (χ1n) is 4.36. The van der Waals surface area contributed by atoms with E-state index in [0.29, 0.717) is 6.08 Å². The number of aromatic nitrogens is 1. The second-order valence-corrected chi connectivity index (χ2v) is 3.23. The highest BCUT2D eigenvalue weighted by molar-refractivity contribution is 6.01. The van der Waals surface area contributed by atoms with Crippen LogP contribution in [-0.2, 0) is 0 Å². The maximum atomic E-state index is 12.1. The van der Waals surface area contributed by atoms with Crippen LogP contribution < -0.4 is 5.73 Å². The fraction of sp³-hybridized carbons (Fsp3) is 0.200. The number of nitrogens with two attached hydrogens (primary N) is 1. The van der Waals surface area contributed by atoms with Crippen molar-refractivity contribution in [1.82, 2.24) is 4.98 Å². The molecule has 86 valence electrons. The van der Waals surface area contributed by atoms with E-state index in [1.807, 2.05) is 0 Å². The van der Waals surface area contributed by atoms with Gasteiger partial charge in [-0.3, -0.25) is 10.4 Å². The molecule has 0 aliphatic heterocycles. The number of allylic oxidation sites excluding steroid dienone is 1. The number of hydrogen-bond donors (Lipinski definition) is 2. The zero-order valence-corrected chi connectivity index (χ0v) is 8.47. The lowest BCUT2D eigenvalue weighted by molar-refractivity contribution is -0.0583. The van der Waals surface area contributed by atoms with Crippen LogP contribution in [-0.4, -0.2) is 16.9 Å². The van der Waals surface area contributed by atoms with E-state index in [0.717, 1.165) is 5.56 Å². The van der Waals surface area contributed by atoms with Gasteiger partial charge in [0.15, 0.2) is 0 Å². The second-order valence-electron chi connectivity index (χ2n) is 3.23. The van der Waals surface area contributed by atoms with E-state index in [9.17, 15) is 13.2 Å². The van der Waals surface area contributed by atoms with Crippen LogP contribution in [0.4, 0.5) is 13.2 Å². The van der Waals surface area contributed by atoms with Crippen molar-refractivity contribution in [1.29, 1.82) is 5.41 Å². The van der Waals surface area contributed by atoms with Crippen LogP contribution in [0.25, 0.3) is 5.70 Å². The monoisotopic (exact) mass is 229 g/mol. The zero-order valence-electron chi connectivity index (χ0n) is 8.47. The lowest BCUT2D eigenvalue weighted by atomic mass is 10.2. The van der Waals surface area contributed by atoms with Crippen molar-refractivity contribution >= 4 is 11.4 Å². The molecule has 0 saturated heterocycles. The highest BCUT2D eigenvalue weighted by Gasteiger charge is 2.32. The predicted molar refractivity (Wildman–Crippen MR) is 54.9 cm³/mol. The number of nitrogens with zero attached hydrogens (tertiary/aromatic N) is 1. The number of pyridine rings is 1. The first-order chi connectivity index (χ1) is 7.30. The summed E-state index contributed by atoms with van der Waals surface area (Å²) in [6.07, 6.45) is -2.68. The van der Waals surface area contributed by atoms with Crippen LogP contribution in [0.5, 0.6) is 0 Å². The SMILES string of the molecule is Cc1ccnc(/C(N)=C/C(=N)C(F)(F)F)c1. The van der Waals surface area contributed by atoms with Crippen LogP contribution in [0.2, 0.25) is 0 Å². The summed E-state index contributed by atoms with van der Waals surface area (Å²) in [7, 11) is 0. The second kappa shape index (κ2) is 4.34. The fourth-order valence-electron chi connectivity index (χ4n) is 1.01. The smallest absolute Gasteiger partial charge is 0.397 e. The molecule has 0 unspecified atom stereocenters. The van der Waals surface area contributed by atoms with Gasteiger partial charge in [0.2, 0.25) is 0 Å². The molecule has 3 N–H and O–H groups in total. The Balaban J connectivity index is 2.99. The van der Waals surface area contributed by atoms with Gasteiger partial charge in [-0.25, -0.2) is 0 Å². The molecule has 3 nitrogen and oxygen atoms in total. The molecule has 1 aromatic heterocycles. The number of nitrogens with one attached hydrogen (secondary N) is 1. The zero-order chi connectivity index (χ0) is 12.3. The Bertz CT molecular complexity index is 435. The normalized spacial score (nSPS) is 12.6. The molecule has 0 aliphatic carbocycles. The molecule has 16 heavy (non-hydrogen) atoms. The molecule has 0 bridgehead atoms. The molecule has 1 heterocycles. The minimum atomic E-state index is -4.69. The molecule has 0 fully saturated rings. The molecule has 0 saturated carbocycles. The third kappa shape index (κ3) is 3.08. The summed E-state index contributed by atoms with van der Waals surface area (Å²) in [6.45, 7) is 1.77. The summed E-state index contributed by atoms with van der Waals surface area (Å²) < 4.78 is 36.2. The first kappa shape index (κ1) is 12.2. The number of hydrogen-bond acceptors (Lipinski definition) is 3. The Morgan fingerprint density at radius 3 is 2.62 bits per heavy atom. The number of aryl methyl sites for hydroxylation is 1. The maximum absolute atomic E-state index is 12.1. The van der Waals surface area contributed by atoms with Crippen LogP contribution >= 0.6 is 0 Å². The fourth-order valence-corrected chi connectivity index (χ4v) is 1.01. The van der Waals surface area contributed by atoms with Crippen LogP contribution in [0, 0.1) is 12.3 Å². The van der Waals surface area contributed by atoms with Crippen molar-refractivity contribution < 1.29 is 13.2 Å². The molecule has 1 rings (SSSR count). The summed E-state index contributed by atoms with van der Waals surface area (Å²) in [6, 6.07) is 3.25. The third-order valence-corrected chi connectivity index (χ3v) is 1.82. The van der Waals surface area contributed by atoms with Gasteiger partial charge in [0.1, 0.15) is 5.71 Å². The van der Waals surface area contributed by atoms with Gasteiger partial charge in [0.25, 0.3) is 0 Å². The first-order valence-corrected chi connectivity index (χ1v) is 4.36. The van der Waals surface area contributed by atoms with Gasteiger partial charge < -0.3 is 5.73 Å². The van der Waals surface area contributed by atoms with Crippen LogP contribution in [0.15, 0.2) is 24.4 Å². The molecule has 6 heteroatoms. The topological polar surface area (TPSA) is 62.8 Å². The molecule has 1 aromatic rings. The van der Waals surface area contributed by atoms with E-state index in [2.05, 4.69) is 4.98 Å². The average Bonchev–Trinajstić information content (AvgIpc) is 2.16. The lowest BCUT2D eigenvalue weighted by Crippen LogP contribution is -2.20. The number of halogens is 3. The molecule has 0 spiro atoms. The standard InChI is InChI=1S/C10H10F3N3/c1-6-2-3-16-8(4-6)7(14)5-9(15)10(11,12)13/h2-5,15H,14H2,1H3/b7-5-,15-9?. The maximum Gasteiger partial charge on any atom is 0.432 e. The highest BCUT2D eigenvalue weighted by atomic mass is 19.4. The largest absolute Gasteiger partial charge is 0.432 e. The summed E-state index contributed by atoms with van der Waals surface area (Å²) in [5, 5.41) is 6.76. The molecule has 0 radical (unpaired) electrons. The van der Waals surface area contributed by atoms with Gasteiger partial charge in [-0.15, -0.1) is 0 Å². The van der Waals surface area contributed by atoms with Gasteiger partial charge in [-0.2, -0.15) is 13.2 Å². The van der Waals surface area contributed by atoms with E-state index >= 15 is 0 Å². The third-order valence-electron chi connectivity index (χ3n) is 1.82.